The van der Waals surface area contributed by atoms with Crippen LogP contribution in [0.5, 0.6) is 11.5 Å². The predicted molar refractivity (Wildman–Crippen MR) is 85.5 cm³/mol. The van der Waals surface area contributed by atoms with E-state index in [0.717, 1.165) is 0 Å². The van der Waals surface area contributed by atoms with Gasteiger partial charge >= 0.3 is 11.8 Å². The topological polar surface area (TPSA) is 100 Å². The number of benzene rings is 2. The molecular formula is C16H15N3O4. The lowest BCUT2D eigenvalue weighted by Crippen LogP contribution is -2.32. The minimum Gasteiger partial charge on any atom is -0.504 e. The van der Waals surface area contributed by atoms with Gasteiger partial charge in [0.25, 0.3) is 0 Å². The fourth-order valence-electron chi connectivity index (χ4n) is 1.70. The van der Waals surface area contributed by atoms with E-state index in [4.69, 9.17) is 4.74 Å². The van der Waals surface area contributed by atoms with E-state index in [1.54, 1.807) is 36.4 Å². The molecule has 2 aromatic rings. The maximum absolute atomic E-state index is 11.6. The average molecular weight is 313 g/mol. The molecule has 23 heavy (non-hydrogen) atoms. The molecule has 3 N–H and O–H groups in total. The molecule has 2 amide bonds. The standard InChI is InChI=1S/C16H15N3O4/c1-23-14-9-11(7-8-13(14)20)10-17-19-16(22)15(21)18-12-5-3-2-4-6-12/h2-10,20H,1H3,(H,18,21)(H,19,22). The number of hydrogen-bond donors (Lipinski definition) is 3. The van der Waals surface area contributed by atoms with Gasteiger partial charge in [0.15, 0.2) is 11.5 Å². The van der Waals surface area contributed by atoms with Gasteiger partial charge in [-0.05, 0) is 35.9 Å². The number of para-hydroxylation sites is 1. The molecule has 0 fully saturated rings. The van der Waals surface area contributed by atoms with E-state index in [1.165, 1.54) is 25.5 Å². The van der Waals surface area contributed by atoms with Gasteiger partial charge in [-0.3, -0.25) is 9.59 Å². The van der Waals surface area contributed by atoms with Crippen molar-refractivity contribution >= 4 is 23.7 Å². The highest BCUT2D eigenvalue weighted by Crippen LogP contribution is 2.25. The zero-order chi connectivity index (χ0) is 16.7. The summed E-state index contributed by atoms with van der Waals surface area (Å²) >= 11 is 0. The lowest BCUT2D eigenvalue weighted by atomic mass is 10.2. The molecule has 118 valence electrons. The molecule has 0 radical (unpaired) electrons. The molecule has 0 aliphatic rings. The number of nitrogens with zero attached hydrogens (tertiary/aromatic N) is 1. The monoisotopic (exact) mass is 313 g/mol. The molecule has 0 heterocycles. The van der Waals surface area contributed by atoms with Gasteiger partial charge < -0.3 is 15.2 Å². The normalized spacial score (nSPS) is 10.3. The van der Waals surface area contributed by atoms with Crippen LogP contribution < -0.4 is 15.5 Å². The molecule has 7 heteroatoms. The number of anilines is 1. The number of carbonyl (C=O) groups excluding carboxylic acids is 2. The number of amides is 2. The third kappa shape index (κ3) is 4.57. The summed E-state index contributed by atoms with van der Waals surface area (Å²) in [5.74, 6) is -1.44. The maximum Gasteiger partial charge on any atom is 0.329 e. The van der Waals surface area contributed by atoms with E-state index < -0.39 is 11.8 Å². The first-order valence-electron chi connectivity index (χ1n) is 6.66. The van der Waals surface area contributed by atoms with Gasteiger partial charge in [-0.25, -0.2) is 5.43 Å². The summed E-state index contributed by atoms with van der Waals surface area (Å²) in [5.41, 5.74) is 3.22. The number of carbonyl (C=O) groups is 2. The molecule has 0 atom stereocenters. The van der Waals surface area contributed by atoms with Gasteiger partial charge in [0.05, 0.1) is 13.3 Å². The SMILES string of the molecule is COc1cc(C=NNC(=O)C(=O)Nc2ccccc2)ccc1O. The number of aromatic hydroxyl groups is 1. The second-order valence-corrected chi connectivity index (χ2v) is 4.45. The zero-order valence-corrected chi connectivity index (χ0v) is 12.3. The van der Waals surface area contributed by atoms with Gasteiger partial charge in [-0.2, -0.15) is 5.10 Å². The number of methoxy groups -OCH3 is 1. The van der Waals surface area contributed by atoms with Crippen LogP contribution in [0, 0.1) is 0 Å². The molecule has 7 nitrogen and oxygen atoms in total. The molecule has 0 saturated carbocycles. The number of nitrogens with one attached hydrogen (secondary N) is 2. The van der Waals surface area contributed by atoms with Gasteiger partial charge in [-0.1, -0.05) is 18.2 Å². The first kappa shape index (κ1) is 16.0. The Kier molecular flexibility index (Phi) is 5.30. The Morgan fingerprint density at radius 1 is 1.13 bits per heavy atom. The molecule has 0 bridgehead atoms. The number of rotatable bonds is 4. The van der Waals surface area contributed by atoms with Gasteiger partial charge in [0.1, 0.15) is 0 Å². The summed E-state index contributed by atoms with van der Waals surface area (Å²) in [7, 11) is 1.42. The van der Waals surface area contributed by atoms with Crippen LogP contribution in [0.4, 0.5) is 5.69 Å². The van der Waals surface area contributed by atoms with Gasteiger partial charge in [-0.15, -0.1) is 0 Å². The van der Waals surface area contributed by atoms with Crippen molar-refractivity contribution in [2.45, 2.75) is 0 Å². The number of ether oxygens (including phenoxy) is 1. The summed E-state index contributed by atoms with van der Waals surface area (Å²) < 4.78 is 4.95. The zero-order valence-electron chi connectivity index (χ0n) is 12.3. The number of phenols is 1. The summed E-state index contributed by atoms with van der Waals surface area (Å²) in [5, 5.41) is 15.6. The third-order valence-corrected chi connectivity index (χ3v) is 2.82. The van der Waals surface area contributed by atoms with Crippen molar-refractivity contribution in [3.63, 3.8) is 0 Å². The van der Waals surface area contributed by atoms with E-state index in [0.29, 0.717) is 11.3 Å². The first-order chi connectivity index (χ1) is 11.1. The van der Waals surface area contributed by atoms with Crippen LogP contribution in [0.25, 0.3) is 0 Å². The van der Waals surface area contributed by atoms with Crippen LogP contribution in [0.1, 0.15) is 5.56 Å². The van der Waals surface area contributed by atoms with Crippen molar-refractivity contribution in [3.05, 3.63) is 54.1 Å². The second-order valence-electron chi connectivity index (χ2n) is 4.45. The van der Waals surface area contributed by atoms with Crippen molar-refractivity contribution in [1.82, 2.24) is 5.43 Å². The minimum atomic E-state index is -0.893. The van der Waals surface area contributed by atoms with Gasteiger partial charge in [0, 0.05) is 5.69 Å². The Bertz CT molecular complexity index is 729. The van der Waals surface area contributed by atoms with Crippen molar-refractivity contribution in [2.75, 3.05) is 12.4 Å². The Labute approximate surface area is 132 Å². The smallest absolute Gasteiger partial charge is 0.329 e. The summed E-state index contributed by atoms with van der Waals surface area (Å²) in [4.78, 5) is 23.3. The maximum atomic E-state index is 11.6. The van der Waals surface area contributed by atoms with Crippen LogP contribution in [0.15, 0.2) is 53.6 Å². The Morgan fingerprint density at radius 2 is 1.87 bits per heavy atom. The van der Waals surface area contributed by atoms with E-state index in [-0.39, 0.29) is 11.5 Å². The molecule has 0 aliphatic carbocycles. The van der Waals surface area contributed by atoms with E-state index in [9.17, 15) is 14.7 Å². The minimum absolute atomic E-state index is 0.00377. The summed E-state index contributed by atoms with van der Waals surface area (Å²) in [6.07, 6.45) is 1.33. The third-order valence-electron chi connectivity index (χ3n) is 2.82. The van der Waals surface area contributed by atoms with Crippen LogP contribution in [0.3, 0.4) is 0 Å². The van der Waals surface area contributed by atoms with Crippen LogP contribution in [0.2, 0.25) is 0 Å². The molecule has 0 unspecified atom stereocenters. The fraction of sp³-hybridized carbons (Fsp3) is 0.0625. The van der Waals surface area contributed by atoms with Crippen LogP contribution in [-0.2, 0) is 9.59 Å². The molecule has 0 aromatic heterocycles. The van der Waals surface area contributed by atoms with Crippen LogP contribution >= 0.6 is 0 Å². The second kappa shape index (κ2) is 7.60. The fourth-order valence-corrected chi connectivity index (χ4v) is 1.70. The highest BCUT2D eigenvalue weighted by atomic mass is 16.5. The number of hydrogen-bond acceptors (Lipinski definition) is 5. The number of hydrazone groups is 1. The average Bonchev–Trinajstić information content (AvgIpc) is 2.57. The van der Waals surface area contributed by atoms with Crippen LogP contribution in [-0.4, -0.2) is 30.2 Å². The first-order valence-corrected chi connectivity index (χ1v) is 6.66. The Balaban J connectivity index is 1.92. The summed E-state index contributed by atoms with van der Waals surface area (Å²) in [6.45, 7) is 0. The quantitative estimate of drug-likeness (QED) is 0.452. The van der Waals surface area contributed by atoms with Crippen molar-refractivity contribution in [3.8, 4) is 11.5 Å². The lowest BCUT2D eigenvalue weighted by Gasteiger charge is -2.04. The lowest BCUT2D eigenvalue weighted by molar-refractivity contribution is -0.136. The van der Waals surface area contributed by atoms with E-state index >= 15 is 0 Å². The van der Waals surface area contributed by atoms with E-state index in [2.05, 4.69) is 15.8 Å². The summed E-state index contributed by atoms with van der Waals surface area (Å²) in [6, 6.07) is 13.2. The highest BCUT2D eigenvalue weighted by Gasteiger charge is 2.12. The molecule has 0 saturated heterocycles. The molecule has 2 aromatic carbocycles. The molecule has 0 aliphatic heterocycles. The Morgan fingerprint density at radius 3 is 2.57 bits per heavy atom. The van der Waals surface area contributed by atoms with Crippen molar-refractivity contribution in [2.24, 2.45) is 5.10 Å². The van der Waals surface area contributed by atoms with E-state index in [1.807, 2.05) is 0 Å². The molecule has 0 spiro atoms. The molecular weight excluding hydrogens is 298 g/mol. The van der Waals surface area contributed by atoms with Crippen molar-refractivity contribution in [1.29, 1.82) is 0 Å². The Hall–Kier alpha value is -3.35. The molecule has 2 rings (SSSR count). The highest BCUT2D eigenvalue weighted by molar-refractivity contribution is 6.39. The predicted octanol–water partition coefficient (Wildman–Crippen LogP) is 1.49. The van der Waals surface area contributed by atoms with Gasteiger partial charge in [0.2, 0.25) is 0 Å². The largest absolute Gasteiger partial charge is 0.504 e. The van der Waals surface area contributed by atoms with Crippen molar-refractivity contribution < 1.29 is 19.4 Å². The number of phenolic OH excluding ortho intramolecular Hbond substituents is 1.